The molecule has 1 aromatic heterocycles. The maximum absolute atomic E-state index is 12.0. The fourth-order valence-corrected chi connectivity index (χ4v) is 3.33. The van der Waals surface area contributed by atoms with Crippen LogP contribution in [0, 0.1) is 3.57 Å². The summed E-state index contributed by atoms with van der Waals surface area (Å²) in [5, 5.41) is 1.29. The number of rotatable bonds is 3. The molecule has 0 spiro atoms. The minimum absolute atomic E-state index is 0.0826. The lowest BCUT2D eigenvalue weighted by Gasteiger charge is -2.03. The van der Waals surface area contributed by atoms with Crippen LogP contribution in [0.1, 0.15) is 5.56 Å². The summed E-state index contributed by atoms with van der Waals surface area (Å²) >= 11 is 3.84. The number of aromatic nitrogens is 2. The van der Waals surface area contributed by atoms with Gasteiger partial charge in [0.1, 0.15) is 0 Å². The summed E-state index contributed by atoms with van der Waals surface area (Å²) in [5.41, 5.74) is 1.87. The van der Waals surface area contributed by atoms with Gasteiger partial charge < -0.3 is 4.98 Å². The molecule has 1 N–H and O–H groups in total. The predicted molar refractivity (Wildman–Crippen MR) is 91.1 cm³/mol. The zero-order chi connectivity index (χ0) is 13.9. The predicted octanol–water partition coefficient (Wildman–Crippen LogP) is 3.82. The van der Waals surface area contributed by atoms with Gasteiger partial charge in [0.05, 0.1) is 10.9 Å². The Bertz CT molecular complexity index is 816. The van der Waals surface area contributed by atoms with E-state index in [2.05, 4.69) is 50.8 Å². The Kier molecular flexibility index (Phi) is 4.07. The minimum Gasteiger partial charge on any atom is -0.301 e. The second-order valence-electron chi connectivity index (χ2n) is 4.31. The number of benzene rings is 2. The van der Waals surface area contributed by atoms with Crippen molar-refractivity contribution in [2.24, 2.45) is 0 Å². The van der Waals surface area contributed by atoms with E-state index in [1.165, 1.54) is 9.13 Å². The molecule has 3 nitrogen and oxygen atoms in total. The smallest absolute Gasteiger partial charge is 0.259 e. The molecule has 1 heterocycles. The summed E-state index contributed by atoms with van der Waals surface area (Å²) in [6, 6.07) is 15.7. The van der Waals surface area contributed by atoms with Gasteiger partial charge in [0.2, 0.25) is 0 Å². The Balaban J connectivity index is 1.86. The molecular formula is C15H11IN2OS. The fourth-order valence-electron chi connectivity index (χ4n) is 1.91. The van der Waals surface area contributed by atoms with Gasteiger partial charge in [0.25, 0.3) is 5.56 Å². The molecular weight excluding hydrogens is 383 g/mol. The Morgan fingerprint density at radius 1 is 1.15 bits per heavy atom. The maximum Gasteiger partial charge on any atom is 0.259 e. The van der Waals surface area contributed by atoms with Crippen molar-refractivity contribution in [1.82, 2.24) is 9.97 Å². The van der Waals surface area contributed by atoms with Crippen molar-refractivity contribution in [2.45, 2.75) is 10.9 Å². The van der Waals surface area contributed by atoms with E-state index in [9.17, 15) is 4.79 Å². The van der Waals surface area contributed by atoms with Crippen LogP contribution in [0.2, 0.25) is 0 Å². The minimum atomic E-state index is -0.0826. The van der Waals surface area contributed by atoms with Crippen molar-refractivity contribution in [2.75, 3.05) is 0 Å². The van der Waals surface area contributed by atoms with E-state index in [0.29, 0.717) is 10.5 Å². The number of hydrogen-bond donors (Lipinski definition) is 1. The lowest BCUT2D eigenvalue weighted by molar-refractivity contribution is 0.973. The van der Waals surface area contributed by atoms with Gasteiger partial charge in [-0.3, -0.25) is 4.79 Å². The lowest BCUT2D eigenvalue weighted by Crippen LogP contribution is -2.08. The second-order valence-corrected chi connectivity index (χ2v) is 6.52. The SMILES string of the molecule is O=c1[nH]c(SCc2cccc(I)c2)nc2ccccc12. The molecule has 0 unspecified atom stereocenters. The highest BCUT2D eigenvalue weighted by molar-refractivity contribution is 14.1. The zero-order valence-corrected chi connectivity index (χ0v) is 13.4. The number of aromatic amines is 1. The number of H-pyrrole nitrogens is 1. The van der Waals surface area contributed by atoms with Crippen LogP contribution in [0.3, 0.4) is 0 Å². The monoisotopic (exact) mass is 394 g/mol. The number of halogens is 1. The number of fused-ring (bicyclic) bond motifs is 1. The van der Waals surface area contributed by atoms with Crippen LogP contribution in [0.4, 0.5) is 0 Å². The molecule has 0 fully saturated rings. The molecule has 0 saturated heterocycles. The number of nitrogens with one attached hydrogen (secondary N) is 1. The average molecular weight is 394 g/mol. The van der Waals surface area contributed by atoms with E-state index in [0.717, 1.165) is 11.3 Å². The summed E-state index contributed by atoms with van der Waals surface area (Å²) in [6.07, 6.45) is 0. The Morgan fingerprint density at radius 2 is 2.00 bits per heavy atom. The van der Waals surface area contributed by atoms with E-state index in [4.69, 9.17) is 0 Å². The molecule has 3 aromatic rings. The average Bonchev–Trinajstić information content (AvgIpc) is 2.45. The molecule has 0 atom stereocenters. The van der Waals surface area contributed by atoms with Crippen molar-refractivity contribution in [1.29, 1.82) is 0 Å². The van der Waals surface area contributed by atoms with Gasteiger partial charge in [-0.05, 0) is 52.4 Å². The molecule has 2 aromatic carbocycles. The van der Waals surface area contributed by atoms with Crippen molar-refractivity contribution in [3.05, 3.63) is 68.0 Å². The largest absolute Gasteiger partial charge is 0.301 e. The van der Waals surface area contributed by atoms with Gasteiger partial charge in [-0.15, -0.1) is 0 Å². The van der Waals surface area contributed by atoms with Crippen molar-refractivity contribution in [3.8, 4) is 0 Å². The third kappa shape index (κ3) is 3.04. The first-order valence-electron chi connectivity index (χ1n) is 6.09. The molecule has 3 rings (SSSR count). The molecule has 0 aliphatic carbocycles. The van der Waals surface area contributed by atoms with Crippen molar-refractivity contribution < 1.29 is 0 Å². The van der Waals surface area contributed by atoms with Crippen LogP contribution in [-0.4, -0.2) is 9.97 Å². The molecule has 0 aliphatic rings. The van der Waals surface area contributed by atoms with E-state index in [-0.39, 0.29) is 5.56 Å². The second kappa shape index (κ2) is 5.97. The van der Waals surface area contributed by atoms with Crippen LogP contribution in [0.25, 0.3) is 10.9 Å². The molecule has 20 heavy (non-hydrogen) atoms. The van der Waals surface area contributed by atoms with E-state index < -0.39 is 0 Å². The van der Waals surface area contributed by atoms with Crippen molar-refractivity contribution >= 4 is 45.3 Å². The summed E-state index contributed by atoms with van der Waals surface area (Å²) in [5.74, 6) is 0.790. The normalized spacial score (nSPS) is 10.8. The lowest BCUT2D eigenvalue weighted by atomic mass is 10.2. The zero-order valence-electron chi connectivity index (χ0n) is 10.5. The van der Waals surface area contributed by atoms with E-state index in [1.807, 2.05) is 24.3 Å². The van der Waals surface area contributed by atoms with Crippen LogP contribution in [0.5, 0.6) is 0 Å². The van der Waals surface area contributed by atoms with Gasteiger partial charge in [-0.25, -0.2) is 4.98 Å². The summed E-state index contributed by atoms with van der Waals surface area (Å²) in [4.78, 5) is 19.3. The molecule has 5 heteroatoms. The van der Waals surface area contributed by atoms with Gasteiger partial charge in [-0.1, -0.05) is 36.0 Å². The maximum atomic E-state index is 12.0. The van der Waals surface area contributed by atoms with Gasteiger partial charge >= 0.3 is 0 Å². The van der Waals surface area contributed by atoms with Crippen LogP contribution < -0.4 is 5.56 Å². The van der Waals surface area contributed by atoms with Crippen molar-refractivity contribution in [3.63, 3.8) is 0 Å². The third-order valence-corrected chi connectivity index (χ3v) is 4.47. The number of hydrogen-bond acceptors (Lipinski definition) is 3. The van der Waals surface area contributed by atoms with Gasteiger partial charge in [0, 0.05) is 9.32 Å². The summed E-state index contributed by atoms with van der Waals surface area (Å²) in [6.45, 7) is 0. The molecule has 0 bridgehead atoms. The van der Waals surface area contributed by atoms with Crippen LogP contribution in [0.15, 0.2) is 58.5 Å². The van der Waals surface area contributed by atoms with Gasteiger partial charge in [-0.2, -0.15) is 0 Å². The molecule has 0 radical (unpaired) electrons. The Labute approximate surface area is 134 Å². The highest BCUT2D eigenvalue weighted by Gasteiger charge is 2.04. The number of para-hydroxylation sites is 1. The van der Waals surface area contributed by atoms with Gasteiger partial charge in [0.15, 0.2) is 5.16 Å². The topological polar surface area (TPSA) is 45.8 Å². The quantitative estimate of drug-likeness (QED) is 0.418. The number of nitrogens with zero attached hydrogens (tertiary/aromatic N) is 1. The summed E-state index contributed by atoms with van der Waals surface area (Å²) < 4.78 is 1.21. The first kappa shape index (κ1) is 13.6. The molecule has 100 valence electrons. The van der Waals surface area contributed by atoms with Crippen LogP contribution >= 0.6 is 34.4 Å². The highest BCUT2D eigenvalue weighted by atomic mass is 127. The van der Waals surface area contributed by atoms with Crippen LogP contribution in [-0.2, 0) is 5.75 Å². The standard InChI is InChI=1S/C15H11IN2OS/c16-11-5-3-4-10(8-11)9-20-15-17-13-7-2-1-6-12(13)14(19)18-15/h1-8H,9H2,(H,17,18,19). The highest BCUT2D eigenvalue weighted by Crippen LogP contribution is 2.20. The fraction of sp³-hybridized carbons (Fsp3) is 0.0667. The molecule has 0 saturated carbocycles. The third-order valence-electron chi connectivity index (χ3n) is 2.86. The first-order valence-corrected chi connectivity index (χ1v) is 8.15. The van der Waals surface area contributed by atoms with E-state index in [1.54, 1.807) is 17.8 Å². The Morgan fingerprint density at radius 3 is 2.85 bits per heavy atom. The first-order chi connectivity index (χ1) is 9.72. The Hall–Kier alpha value is -1.34. The van der Waals surface area contributed by atoms with E-state index >= 15 is 0 Å². The molecule has 0 amide bonds. The number of thioether (sulfide) groups is 1. The summed E-state index contributed by atoms with van der Waals surface area (Å²) in [7, 11) is 0. The molecule has 0 aliphatic heterocycles.